The van der Waals surface area contributed by atoms with Crippen molar-refractivity contribution >= 4 is 17.7 Å². The first-order chi connectivity index (χ1) is 14.6. The van der Waals surface area contributed by atoms with Crippen molar-refractivity contribution in [1.29, 1.82) is 0 Å². The molecule has 160 valence electrons. The highest BCUT2D eigenvalue weighted by Gasteiger charge is 2.23. The smallest absolute Gasteiger partial charge is 0.411 e. The molecule has 30 heavy (non-hydrogen) atoms. The summed E-state index contributed by atoms with van der Waals surface area (Å²) >= 11 is 0. The van der Waals surface area contributed by atoms with Crippen molar-refractivity contribution in [3.63, 3.8) is 0 Å². The third-order valence-electron chi connectivity index (χ3n) is 5.60. The summed E-state index contributed by atoms with van der Waals surface area (Å²) in [4.78, 5) is 28.4. The summed E-state index contributed by atoms with van der Waals surface area (Å²) in [7, 11) is 1.83. The van der Waals surface area contributed by atoms with Gasteiger partial charge in [-0.1, -0.05) is 48.5 Å². The molecular weight excluding hydrogens is 378 g/mol. The number of rotatable bonds is 7. The number of piperidine rings is 1. The van der Waals surface area contributed by atoms with E-state index in [9.17, 15) is 9.59 Å². The molecule has 0 spiro atoms. The topological polar surface area (TPSA) is 61.9 Å². The van der Waals surface area contributed by atoms with Gasteiger partial charge in [0.05, 0.1) is 5.69 Å². The number of benzene rings is 2. The van der Waals surface area contributed by atoms with E-state index in [1.165, 1.54) is 0 Å². The van der Waals surface area contributed by atoms with Gasteiger partial charge >= 0.3 is 6.09 Å². The molecule has 6 heteroatoms. The Bertz CT molecular complexity index is 833. The van der Waals surface area contributed by atoms with Crippen molar-refractivity contribution in [2.24, 2.45) is 0 Å². The highest BCUT2D eigenvalue weighted by atomic mass is 16.6. The van der Waals surface area contributed by atoms with Crippen LogP contribution < -0.4 is 5.32 Å². The van der Waals surface area contributed by atoms with Crippen LogP contribution >= 0.6 is 0 Å². The van der Waals surface area contributed by atoms with E-state index >= 15 is 0 Å². The van der Waals surface area contributed by atoms with Crippen LogP contribution in [0.2, 0.25) is 0 Å². The predicted octanol–water partition coefficient (Wildman–Crippen LogP) is 4.23. The molecule has 3 rings (SSSR count). The first kappa shape index (κ1) is 21.8. The molecule has 1 fully saturated rings. The lowest BCUT2D eigenvalue weighted by Crippen LogP contribution is -2.40. The molecule has 0 aliphatic carbocycles. The molecule has 1 saturated heterocycles. The summed E-state index contributed by atoms with van der Waals surface area (Å²) in [6, 6.07) is 17.7. The van der Waals surface area contributed by atoms with E-state index in [1.807, 2.05) is 68.6 Å². The van der Waals surface area contributed by atoms with Gasteiger partial charge in [0.15, 0.2) is 0 Å². The van der Waals surface area contributed by atoms with Gasteiger partial charge in [-0.15, -0.1) is 0 Å². The maximum absolute atomic E-state index is 12.5. The van der Waals surface area contributed by atoms with Crippen LogP contribution in [0.15, 0.2) is 54.6 Å². The van der Waals surface area contributed by atoms with Crippen molar-refractivity contribution in [3.05, 3.63) is 54.6 Å². The van der Waals surface area contributed by atoms with Gasteiger partial charge in [0.1, 0.15) is 6.10 Å². The van der Waals surface area contributed by atoms with Crippen LogP contribution in [0.25, 0.3) is 11.1 Å². The Morgan fingerprint density at radius 1 is 1.07 bits per heavy atom. The van der Waals surface area contributed by atoms with Crippen molar-refractivity contribution < 1.29 is 14.3 Å². The number of likely N-dealkylation sites (tertiary alicyclic amines) is 1. The van der Waals surface area contributed by atoms with Gasteiger partial charge in [-0.25, -0.2) is 4.79 Å². The summed E-state index contributed by atoms with van der Waals surface area (Å²) in [5, 5.41) is 2.90. The fourth-order valence-electron chi connectivity index (χ4n) is 3.62. The fraction of sp³-hybridized carbons (Fsp3) is 0.417. The van der Waals surface area contributed by atoms with Crippen LogP contribution in [0.4, 0.5) is 10.5 Å². The van der Waals surface area contributed by atoms with E-state index in [2.05, 4.69) is 10.2 Å². The zero-order valence-electron chi connectivity index (χ0n) is 17.8. The highest BCUT2D eigenvalue weighted by molar-refractivity contribution is 5.91. The lowest BCUT2D eigenvalue weighted by atomic mass is 10.0. The second-order valence-corrected chi connectivity index (χ2v) is 7.64. The maximum Gasteiger partial charge on any atom is 0.411 e. The molecule has 2 aromatic rings. The maximum atomic E-state index is 12.5. The van der Waals surface area contributed by atoms with Gasteiger partial charge in [-0.3, -0.25) is 10.1 Å². The molecule has 2 amide bonds. The van der Waals surface area contributed by atoms with E-state index < -0.39 is 6.09 Å². The number of carbonyl (C=O) groups excluding carboxylic acids is 2. The number of carbonyl (C=O) groups is 2. The Morgan fingerprint density at radius 2 is 1.73 bits per heavy atom. The molecule has 0 saturated carbocycles. The number of anilines is 1. The fourth-order valence-corrected chi connectivity index (χ4v) is 3.62. The first-order valence-corrected chi connectivity index (χ1v) is 10.6. The molecule has 0 bridgehead atoms. The number of hydrogen-bond donors (Lipinski definition) is 1. The summed E-state index contributed by atoms with van der Waals surface area (Å²) < 4.78 is 5.66. The molecular formula is C24H31N3O3. The Kier molecular flexibility index (Phi) is 7.85. The molecule has 0 atom stereocenters. The number of nitrogens with one attached hydrogen (secondary N) is 1. The van der Waals surface area contributed by atoms with Gasteiger partial charge in [0.25, 0.3) is 0 Å². The molecule has 1 aliphatic heterocycles. The van der Waals surface area contributed by atoms with Crippen LogP contribution in [-0.4, -0.2) is 61.1 Å². The lowest BCUT2D eigenvalue weighted by Gasteiger charge is -2.31. The van der Waals surface area contributed by atoms with Crippen LogP contribution in [0.3, 0.4) is 0 Å². The summed E-state index contributed by atoms with van der Waals surface area (Å²) in [5.74, 6) is 0.173. The number of nitrogens with zero attached hydrogens (tertiary/aromatic N) is 2. The summed E-state index contributed by atoms with van der Waals surface area (Å²) in [6.45, 7) is 5.14. The number of para-hydroxylation sites is 1. The summed E-state index contributed by atoms with van der Waals surface area (Å²) in [6.07, 6.45) is 1.58. The lowest BCUT2D eigenvalue weighted by molar-refractivity contribution is -0.130. The molecule has 0 radical (unpaired) electrons. The Balaban J connectivity index is 1.47. The van der Waals surface area contributed by atoms with Gasteiger partial charge < -0.3 is 14.5 Å². The number of ether oxygens (including phenoxy) is 1. The molecule has 2 aromatic carbocycles. The van der Waals surface area contributed by atoms with Crippen LogP contribution in [0.5, 0.6) is 0 Å². The van der Waals surface area contributed by atoms with Crippen LogP contribution in [0.1, 0.15) is 26.2 Å². The predicted molar refractivity (Wildman–Crippen MR) is 119 cm³/mol. The second-order valence-electron chi connectivity index (χ2n) is 7.64. The largest absolute Gasteiger partial charge is 0.446 e. The number of amides is 2. The van der Waals surface area contributed by atoms with Crippen molar-refractivity contribution in [2.45, 2.75) is 32.3 Å². The number of hydrogen-bond acceptors (Lipinski definition) is 4. The van der Waals surface area contributed by atoms with Gasteiger partial charge in [-0.05, 0) is 31.4 Å². The summed E-state index contributed by atoms with van der Waals surface area (Å²) in [5.41, 5.74) is 2.75. The first-order valence-electron chi connectivity index (χ1n) is 10.6. The van der Waals surface area contributed by atoms with Gasteiger partial charge in [0.2, 0.25) is 5.91 Å². The van der Waals surface area contributed by atoms with Gasteiger partial charge in [-0.2, -0.15) is 0 Å². The molecule has 0 unspecified atom stereocenters. The van der Waals surface area contributed by atoms with Crippen molar-refractivity contribution in [2.75, 3.05) is 38.5 Å². The molecule has 0 aromatic heterocycles. The normalized spacial score (nSPS) is 14.9. The highest BCUT2D eigenvalue weighted by Crippen LogP contribution is 2.28. The minimum absolute atomic E-state index is 0.0980. The van der Waals surface area contributed by atoms with Crippen LogP contribution in [-0.2, 0) is 9.53 Å². The third kappa shape index (κ3) is 6.07. The molecule has 1 N–H and O–H groups in total. The minimum Gasteiger partial charge on any atom is -0.446 e. The van der Waals surface area contributed by atoms with Crippen molar-refractivity contribution in [3.8, 4) is 11.1 Å². The third-order valence-corrected chi connectivity index (χ3v) is 5.60. The van der Waals surface area contributed by atoms with E-state index in [0.717, 1.165) is 55.8 Å². The molecule has 1 heterocycles. The van der Waals surface area contributed by atoms with Crippen LogP contribution in [0, 0.1) is 0 Å². The van der Waals surface area contributed by atoms with E-state index in [1.54, 1.807) is 4.90 Å². The van der Waals surface area contributed by atoms with E-state index in [-0.39, 0.29) is 12.0 Å². The van der Waals surface area contributed by atoms with E-state index in [0.29, 0.717) is 6.42 Å². The van der Waals surface area contributed by atoms with Crippen molar-refractivity contribution in [1.82, 2.24) is 9.80 Å². The average molecular weight is 410 g/mol. The zero-order chi connectivity index (χ0) is 21.3. The Morgan fingerprint density at radius 3 is 2.43 bits per heavy atom. The second kappa shape index (κ2) is 10.8. The SMILES string of the molecule is CCN(C)C(=O)CCN1CCC(OC(=O)Nc2ccccc2-c2ccccc2)CC1. The minimum atomic E-state index is -0.420. The van der Waals surface area contributed by atoms with E-state index in [4.69, 9.17) is 4.74 Å². The standard InChI is InChI=1S/C24H31N3O3/c1-3-26(2)23(28)15-18-27-16-13-20(14-17-27)30-24(29)25-22-12-8-7-11-21(22)19-9-5-4-6-10-19/h4-12,20H,3,13-18H2,1-2H3,(H,25,29). The Hall–Kier alpha value is -2.86. The molecule has 6 nitrogen and oxygen atoms in total. The quantitative estimate of drug-likeness (QED) is 0.743. The Labute approximate surface area is 178 Å². The molecule has 1 aliphatic rings. The monoisotopic (exact) mass is 409 g/mol. The average Bonchev–Trinajstić information content (AvgIpc) is 2.78. The van der Waals surface area contributed by atoms with Gasteiger partial charge in [0, 0.05) is 45.2 Å². The zero-order valence-corrected chi connectivity index (χ0v) is 17.8.